The Balaban J connectivity index is 1.55. The number of anilines is 1. The summed E-state index contributed by atoms with van der Waals surface area (Å²) < 4.78 is 0. The quantitative estimate of drug-likeness (QED) is 0.742. The van der Waals surface area contributed by atoms with Crippen molar-refractivity contribution in [3.63, 3.8) is 0 Å². The Morgan fingerprint density at radius 3 is 2.79 bits per heavy atom. The summed E-state index contributed by atoms with van der Waals surface area (Å²) in [5.74, 6) is 0.868. The molecule has 0 aliphatic carbocycles. The van der Waals surface area contributed by atoms with Crippen LogP contribution in [-0.2, 0) is 0 Å². The number of likely N-dealkylation sites (tertiary alicyclic amines) is 1. The number of nitrogens with one attached hydrogen (secondary N) is 2. The molecule has 1 aliphatic heterocycles. The Morgan fingerprint density at radius 1 is 1.21 bits per heavy atom. The first-order valence-electron chi connectivity index (χ1n) is 8.30. The second-order valence-corrected chi connectivity index (χ2v) is 6.29. The molecule has 1 aliphatic rings. The van der Waals surface area contributed by atoms with Gasteiger partial charge in [-0.3, -0.25) is 0 Å². The summed E-state index contributed by atoms with van der Waals surface area (Å²) in [6, 6.07) is 15.7. The predicted molar refractivity (Wildman–Crippen MR) is 95.0 cm³/mol. The van der Waals surface area contributed by atoms with Gasteiger partial charge in [0.15, 0.2) is 0 Å². The molecule has 0 spiro atoms. The van der Waals surface area contributed by atoms with Gasteiger partial charge in [-0.1, -0.05) is 29.8 Å². The molecule has 3 aromatic rings. The van der Waals surface area contributed by atoms with E-state index in [1.807, 2.05) is 60.4 Å². The number of urea groups is 1. The first-order chi connectivity index (χ1) is 11.7. The molecule has 1 saturated heterocycles. The summed E-state index contributed by atoms with van der Waals surface area (Å²) in [6.45, 7) is 2.78. The number of aromatic amines is 1. The number of para-hydroxylation sites is 2. The van der Waals surface area contributed by atoms with E-state index in [1.165, 1.54) is 5.56 Å². The summed E-state index contributed by atoms with van der Waals surface area (Å²) in [4.78, 5) is 22.6. The second-order valence-electron chi connectivity index (χ2n) is 6.29. The van der Waals surface area contributed by atoms with Gasteiger partial charge in [0, 0.05) is 12.2 Å². The highest BCUT2D eigenvalue weighted by molar-refractivity contribution is 5.89. The number of amides is 2. The summed E-state index contributed by atoms with van der Waals surface area (Å²) >= 11 is 0. The van der Waals surface area contributed by atoms with Crippen LogP contribution in [0.1, 0.15) is 30.3 Å². The Bertz CT molecular complexity index is 835. The number of imidazole rings is 1. The first-order valence-corrected chi connectivity index (χ1v) is 8.30. The van der Waals surface area contributed by atoms with Crippen LogP contribution in [0.4, 0.5) is 10.5 Å². The van der Waals surface area contributed by atoms with E-state index in [-0.39, 0.29) is 12.1 Å². The van der Waals surface area contributed by atoms with Gasteiger partial charge in [-0.2, -0.15) is 0 Å². The van der Waals surface area contributed by atoms with Crippen molar-refractivity contribution in [2.45, 2.75) is 25.8 Å². The van der Waals surface area contributed by atoms with Crippen LogP contribution < -0.4 is 5.32 Å². The fraction of sp³-hybridized carbons (Fsp3) is 0.263. The van der Waals surface area contributed by atoms with Crippen LogP contribution in [0.3, 0.4) is 0 Å². The zero-order valence-electron chi connectivity index (χ0n) is 13.6. The minimum absolute atomic E-state index is 0.00264. The van der Waals surface area contributed by atoms with Crippen molar-refractivity contribution in [2.75, 3.05) is 11.9 Å². The van der Waals surface area contributed by atoms with Gasteiger partial charge in [0.1, 0.15) is 5.82 Å². The molecular formula is C19H20N4O. The maximum absolute atomic E-state index is 12.7. The second kappa shape index (κ2) is 6.00. The third-order valence-corrected chi connectivity index (χ3v) is 4.54. The third kappa shape index (κ3) is 2.73. The highest BCUT2D eigenvalue weighted by Gasteiger charge is 2.32. The van der Waals surface area contributed by atoms with Gasteiger partial charge in [-0.15, -0.1) is 0 Å². The summed E-state index contributed by atoms with van der Waals surface area (Å²) in [6.07, 6.45) is 1.92. The molecular weight excluding hydrogens is 300 g/mol. The van der Waals surface area contributed by atoms with E-state index in [0.717, 1.165) is 41.9 Å². The lowest BCUT2D eigenvalue weighted by atomic mass is 10.2. The van der Waals surface area contributed by atoms with Crippen molar-refractivity contribution in [3.05, 3.63) is 59.9 Å². The lowest BCUT2D eigenvalue weighted by molar-refractivity contribution is 0.205. The van der Waals surface area contributed by atoms with Crippen molar-refractivity contribution < 1.29 is 4.79 Å². The third-order valence-electron chi connectivity index (χ3n) is 4.54. The maximum atomic E-state index is 12.7. The zero-order chi connectivity index (χ0) is 16.5. The number of H-pyrrole nitrogens is 1. The van der Waals surface area contributed by atoms with E-state index in [4.69, 9.17) is 0 Å². The monoisotopic (exact) mass is 320 g/mol. The number of hydrogen-bond donors (Lipinski definition) is 2. The van der Waals surface area contributed by atoms with Crippen LogP contribution in [0.2, 0.25) is 0 Å². The molecule has 2 aromatic carbocycles. The molecule has 122 valence electrons. The Labute approximate surface area is 140 Å². The average molecular weight is 320 g/mol. The van der Waals surface area contributed by atoms with Gasteiger partial charge in [-0.05, 0) is 44.0 Å². The number of nitrogens with zero attached hydrogens (tertiary/aromatic N) is 2. The Hall–Kier alpha value is -2.82. The normalized spacial score (nSPS) is 17.4. The standard InChI is InChI=1S/C19H20N4O/c1-13-8-10-14(11-9-13)20-19(24)23-12-4-7-17(23)18-21-15-5-2-3-6-16(15)22-18/h2-3,5-6,8-11,17H,4,7,12H2,1H3,(H,20,24)(H,21,22)/t17-/m0/s1. The van der Waals surface area contributed by atoms with Gasteiger partial charge < -0.3 is 15.2 Å². The molecule has 0 radical (unpaired) electrons. The smallest absolute Gasteiger partial charge is 0.322 e. The molecule has 5 heteroatoms. The molecule has 0 bridgehead atoms. The molecule has 5 nitrogen and oxygen atoms in total. The van der Waals surface area contributed by atoms with Crippen molar-refractivity contribution in [2.24, 2.45) is 0 Å². The highest BCUT2D eigenvalue weighted by Crippen LogP contribution is 2.31. The van der Waals surface area contributed by atoms with Crippen LogP contribution in [0.15, 0.2) is 48.5 Å². The van der Waals surface area contributed by atoms with E-state index in [9.17, 15) is 4.79 Å². The van der Waals surface area contributed by atoms with Crippen LogP contribution in [-0.4, -0.2) is 27.4 Å². The van der Waals surface area contributed by atoms with Crippen LogP contribution in [0.5, 0.6) is 0 Å². The summed E-state index contributed by atoms with van der Waals surface area (Å²) in [5, 5.41) is 2.99. The average Bonchev–Trinajstić information content (AvgIpc) is 3.23. The van der Waals surface area contributed by atoms with Crippen molar-refractivity contribution in [1.29, 1.82) is 0 Å². The Kier molecular flexibility index (Phi) is 3.69. The molecule has 1 aromatic heterocycles. The van der Waals surface area contributed by atoms with Crippen LogP contribution >= 0.6 is 0 Å². The molecule has 0 unspecified atom stereocenters. The number of aromatic nitrogens is 2. The molecule has 2 heterocycles. The maximum Gasteiger partial charge on any atom is 0.322 e. The molecule has 2 amide bonds. The molecule has 1 atom stereocenters. The molecule has 24 heavy (non-hydrogen) atoms. The molecule has 1 fully saturated rings. The van der Waals surface area contributed by atoms with E-state index in [0.29, 0.717) is 0 Å². The number of hydrogen-bond acceptors (Lipinski definition) is 2. The number of benzene rings is 2. The lowest BCUT2D eigenvalue weighted by Crippen LogP contribution is -2.34. The van der Waals surface area contributed by atoms with Crippen LogP contribution in [0, 0.1) is 6.92 Å². The van der Waals surface area contributed by atoms with Gasteiger partial charge in [0.05, 0.1) is 17.1 Å². The van der Waals surface area contributed by atoms with Crippen molar-refractivity contribution in [1.82, 2.24) is 14.9 Å². The lowest BCUT2D eigenvalue weighted by Gasteiger charge is -2.23. The van der Waals surface area contributed by atoms with Gasteiger partial charge in [-0.25, -0.2) is 9.78 Å². The van der Waals surface area contributed by atoms with Crippen LogP contribution in [0.25, 0.3) is 11.0 Å². The first kappa shape index (κ1) is 14.8. The van der Waals surface area contributed by atoms with Gasteiger partial charge >= 0.3 is 6.03 Å². The van der Waals surface area contributed by atoms with E-state index < -0.39 is 0 Å². The predicted octanol–water partition coefficient (Wildman–Crippen LogP) is 4.24. The largest absolute Gasteiger partial charge is 0.340 e. The van der Waals surface area contributed by atoms with E-state index in [1.54, 1.807) is 0 Å². The van der Waals surface area contributed by atoms with Crippen molar-refractivity contribution in [3.8, 4) is 0 Å². The highest BCUT2D eigenvalue weighted by atomic mass is 16.2. The summed E-state index contributed by atoms with van der Waals surface area (Å²) in [5.41, 5.74) is 3.95. The van der Waals surface area contributed by atoms with E-state index >= 15 is 0 Å². The Morgan fingerprint density at radius 2 is 2.00 bits per heavy atom. The number of rotatable bonds is 2. The number of carbonyl (C=O) groups is 1. The van der Waals surface area contributed by atoms with Crippen molar-refractivity contribution >= 4 is 22.8 Å². The number of carbonyl (C=O) groups excluding carboxylic acids is 1. The van der Waals surface area contributed by atoms with Gasteiger partial charge in [0.25, 0.3) is 0 Å². The fourth-order valence-corrected chi connectivity index (χ4v) is 3.26. The summed E-state index contributed by atoms with van der Waals surface area (Å²) in [7, 11) is 0. The molecule has 2 N–H and O–H groups in total. The number of aryl methyl sites for hydroxylation is 1. The fourth-order valence-electron chi connectivity index (χ4n) is 3.26. The van der Waals surface area contributed by atoms with Gasteiger partial charge in [0.2, 0.25) is 0 Å². The molecule has 4 rings (SSSR count). The SMILES string of the molecule is Cc1ccc(NC(=O)N2CCC[C@H]2c2nc3ccccc3[nH]2)cc1. The minimum Gasteiger partial charge on any atom is -0.340 e. The van der Waals surface area contributed by atoms with E-state index in [2.05, 4.69) is 15.3 Å². The topological polar surface area (TPSA) is 61.0 Å². The minimum atomic E-state index is -0.0678. The number of fused-ring (bicyclic) bond motifs is 1. The molecule has 0 saturated carbocycles. The zero-order valence-corrected chi connectivity index (χ0v) is 13.6.